The summed E-state index contributed by atoms with van der Waals surface area (Å²) in [4.78, 5) is 0. The Morgan fingerprint density at radius 3 is 2.33 bits per heavy atom. The molecule has 0 spiro atoms. The first-order valence-corrected chi connectivity index (χ1v) is 7.53. The van der Waals surface area contributed by atoms with Gasteiger partial charge >= 0.3 is 0 Å². The number of benzene rings is 2. The maximum Gasteiger partial charge on any atom is 0.0568 e. The van der Waals surface area contributed by atoms with Gasteiger partial charge in [-0.2, -0.15) is 0 Å². The zero-order valence-electron chi connectivity index (χ0n) is 9.18. The molecule has 0 bridgehead atoms. The van der Waals surface area contributed by atoms with Crippen LogP contribution in [-0.2, 0) is 6.54 Å². The Balaban J connectivity index is 2.06. The van der Waals surface area contributed by atoms with Crippen LogP contribution in [0.2, 0.25) is 10.0 Å². The predicted molar refractivity (Wildman–Crippen MR) is 85.6 cm³/mol. The SMILES string of the molecule is Clc1cc(NCc2ccc(Cl)c(Br)c2)ccc1Br. The Morgan fingerprint density at radius 2 is 1.67 bits per heavy atom. The first kappa shape index (κ1) is 14.2. The van der Waals surface area contributed by atoms with Crippen molar-refractivity contribution in [1.82, 2.24) is 0 Å². The summed E-state index contributed by atoms with van der Waals surface area (Å²) in [6, 6.07) is 11.6. The second-order valence-corrected chi connectivity index (χ2v) is 6.25. The van der Waals surface area contributed by atoms with E-state index in [0.29, 0.717) is 16.6 Å². The van der Waals surface area contributed by atoms with Gasteiger partial charge in [0, 0.05) is 21.2 Å². The van der Waals surface area contributed by atoms with Crippen LogP contribution in [-0.4, -0.2) is 0 Å². The molecule has 18 heavy (non-hydrogen) atoms. The number of nitrogens with one attached hydrogen (secondary N) is 1. The number of hydrogen-bond acceptors (Lipinski definition) is 1. The molecule has 0 saturated carbocycles. The van der Waals surface area contributed by atoms with Gasteiger partial charge in [-0.05, 0) is 67.8 Å². The van der Waals surface area contributed by atoms with Gasteiger partial charge in [0.05, 0.1) is 10.0 Å². The smallest absolute Gasteiger partial charge is 0.0568 e. The highest BCUT2D eigenvalue weighted by atomic mass is 79.9. The normalized spacial score (nSPS) is 10.4. The lowest BCUT2D eigenvalue weighted by atomic mass is 10.2. The van der Waals surface area contributed by atoms with Crippen LogP contribution in [0.1, 0.15) is 5.56 Å². The van der Waals surface area contributed by atoms with Crippen molar-refractivity contribution in [3.8, 4) is 0 Å². The quantitative estimate of drug-likeness (QED) is 0.642. The van der Waals surface area contributed by atoms with Gasteiger partial charge in [-0.1, -0.05) is 29.3 Å². The van der Waals surface area contributed by atoms with Crippen LogP contribution in [0.25, 0.3) is 0 Å². The van der Waals surface area contributed by atoms with Crippen molar-refractivity contribution >= 4 is 60.7 Å². The van der Waals surface area contributed by atoms with E-state index in [1.54, 1.807) is 0 Å². The molecule has 0 aliphatic heterocycles. The lowest BCUT2D eigenvalue weighted by molar-refractivity contribution is 1.15. The van der Waals surface area contributed by atoms with E-state index in [9.17, 15) is 0 Å². The molecular weight excluding hydrogens is 401 g/mol. The molecule has 1 nitrogen and oxygen atoms in total. The summed E-state index contributed by atoms with van der Waals surface area (Å²) in [6.07, 6.45) is 0. The summed E-state index contributed by atoms with van der Waals surface area (Å²) in [5.74, 6) is 0. The first-order chi connectivity index (χ1) is 8.56. The number of anilines is 1. The zero-order valence-corrected chi connectivity index (χ0v) is 13.9. The molecule has 5 heteroatoms. The highest BCUT2D eigenvalue weighted by Crippen LogP contribution is 2.26. The van der Waals surface area contributed by atoms with E-state index < -0.39 is 0 Å². The van der Waals surface area contributed by atoms with Gasteiger partial charge in [-0.3, -0.25) is 0 Å². The van der Waals surface area contributed by atoms with E-state index >= 15 is 0 Å². The molecule has 2 aromatic carbocycles. The maximum atomic E-state index is 6.03. The third-order valence-corrected chi connectivity index (χ3v) is 4.85. The lowest BCUT2D eigenvalue weighted by Gasteiger charge is -2.08. The van der Waals surface area contributed by atoms with Crippen LogP contribution in [0.3, 0.4) is 0 Å². The molecule has 0 unspecified atom stereocenters. The second-order valence-electron chi connectivity index (χ2n) is 3.73. The molecule has 2 aromatic rings. The minimum atomic E-state index is 0.692. The van der Waals surface area contributed by atoms with Crippen LogP contribution in [0.15, 0.2) is 45.3 Å². The highest BCUT2D eigenvalue weighted by molar-refractivity contribution is 9.10. The molecule has 0 atom stereocenters. The average molecular weight is 410 g/mol. The molecule has 0 radical (unpaired) electrons. The van der Waals surface area contributed by atoms with Gasteiger partial charge < -0.3 is 5.32 Å². The largest absolute Gasteiger partial charge is 0.381 e. The minimum Gasteiger partial charge on any atom is -0.381 e. The lowest BCUT2D eigenvalue weighted by Crippen LogP contribution is -1.99. The molecule has 0 amide bonds. The van der Waals surface area contributed by atoms with E-state index in [2.05, 4.69) is 37.2 Å². The summed E-state index contributed by atoms with van der Waals surface area (Å²) in [7, 11) is 0. The Hall–Kier alpha value is -0.220. The summed E-state index contributed by atoms with van der Waals surface area (Å²) < 4.78 is 1.79. The van der Waals surface area contributed by atoms with Crippen molar-refractivity contribution in [2.75, 3.05) is 5.32 Å². The highest BCUT2D eigenvalue weighted by Gasteiger charge is 2.01. The van der Waals surface area contributed by atoms with Crippen LogP contribution >= 0.6 is 55.1 Å². The Kier molecular flexibility index (Phi) is 4.96. The standard InChI is InChI=1S/C13H9Br2Cl2N/c14-10-3-2-9(6-13(10)17)18-7-8-1-4-12(16)11(15)5-8/h1-6,18H,7H2. The Morgan fingerprint density at radius 1 is 0.889 bits per heavy atom. The molecule has 94 valence electrons. The fraction of sp³-hybridized carbons (Fsp3) is 0.0769. The summed E-state index contributed by atoms with van der Waals surface area (Å²) in [5, 5.41) is 4.71. The molecule has 2 rings (SSSR count). The van der Waals surface area contributed by atoms with Crippen molar-refractivity contribution < 1.29 is 0 Å². The van der Waals surface area contributed by atoms with Crippen LogP contribution in [0.4, 0.5) is 5.69 Å². The van der Waals surface area contributed by atoms with Crippen molar-refractivity contribution in [3.63, 3.8) is 0 Å². The number of rotatable bonds is 3. The number of halogens is 4. The molecular formula is C13H9Br2Cl2N. The second kappa shape index (κ2) is 6.29. The molecule has 0 aromatic heterocycles. The third kappa shape index (κ3) is 3.64. The van der Waals surface area contributed by atoms with E-state index in [1.165, 1.54) is 0 Å². The van der Waals surface area contributed by atoms with Crippen molar-refractivity contribution in [1.29, 1.82) is 0 Å². The van der Waals surface area contributed by atoms with E-state index in [1.807, 2.05) is 36.4 Å². The van der Waals surface area contributed by atoms with Crippen molar-refractivity contribution in [2.45, 2.75) is 6.54 Å². The van der Waals surface area contributed by atoms with Gasteiger partial charge in [0.25, 0.3) is 0 Å². The van der Waals surface area contributed by atoms with E-state index in [-0.39, 0.29) is 0 Å². The predicted octanol–water partition coefficient (Wildman–Crippen LogP) is 6.13. The van der Waals surface area contributed by atoms with Crippen molar-refractivity contribution in [3.05, 3.63) is 61.0 Å². The zero-order chi connectivity index (χ0) is 13.1. The third-order valence-electron chi connectivity index (χ3n) is 2.40. The van der Waals surface area contributed by atoms with Crippen molar-refractivity contribution in [2.24, 2.45) is 0 Å². The Bertz CT molecular complexity index is 521. The fourth-order valence-corrected chi connectivity index (χ4v) is 2.43. The maximum absolute atomic E-state index is 6.03. The van der Waals surface area contributed by atoms with Gasteiger partial charge in [0.1, 0.15) is 0 Å². The van der Waals surface area contributed by atoms with Crippen LogP contribution in [0, 0.1) is 0 Å². The average Bonchev–Trinajstić information content (AvgIpc) is 2.35. The van der Waals surface area contributed by atoms with Crippen LogP contribution in [0.5, 0.6) is 0 Å². The molecule has 0 saturated heterocycles. The summed E-state index contributed by atoms with van der Waals surface area (Å²) >= 11 is 18.7. The molecule has 0 aliphatic rings. The monoisotopic (exact) mass is 407 g/mol. The van der Waals surface area contributed by atoms with E-state index in [4.69, 9.17) is 23.2 Å². The summed E-state index contributed by atoms with van der Waals surface area (Å²) in [6.45, 7) is 0.716. The van der Waals surface area contributed by atoms with Gasteiger partial charge in [-0.15, -0.1) is 0 Å². The topological polar surface area (TPSA) is 12.0 Å². The molecule has 0 heterocycles. The summed E-state index contributed by atoms with van der Waals surface area (Å²) in [5.41, 5.74) is 2.12. The Labute approximate surface area is 133 Å². The van der Waals surface area contributed by atoms with Gasteiger partial charge in [-0.25, -0.2) is 0 Å². The number of hydrogen-bond donors (Lipinski definition) is 1. The van der Waals surface area contributed by atoms with E-state index in [0.717, 1.165) is 20.2 Å². The molecule has 1 N–H and O–H groups in total. The fourth-order valence-electron chi connectivity index (χ4n) is 1.46. The molecule has 0 aliphatic carbocycles. The van der Waals surface area contributed by atoms with Gasteiger partial charge in [0.2, 0.25) is 0 Å². The van der Waals surface area contributed by atoms with Gasteiger partial charge in [0.15, 0.2) is 0 Å². The first-order valence-electron chi connectivity index (χ1n) is 5.19. The minimum absolute atomic E-state index is 0.692. The van der Waals surface area contributed by atoms with Crippen LogP contribution < -0.4 is 5.32 Å². The molecule has 0 fully saturated rings.